The van der Waals surface area contributed by atoms with Crippen molar-refractivity contribution in [1.29, 1.82) is 0 Å². The van der Waals surface area contributed by atoms with Gasteiger partial charge < -0.3 is 14.4 Å². The number of benzene rings is 1. The zero-order valence-electron chi connectivity index (χ0n) is 11.5. The number of para-hydroxylation sites is 1. The Hall–Kier alpha value is -2.53. The fourth-order valence-corrected chi connectivity index (χ4v) is 2.07. The van der Waals surface area contributed by atoms with Crippen molar-refractivity contribution < 1.29 is 9.84 Å². The van der Waals surface area contributed by atoms with Gasteiger partial charge in [-0.1, -0.05) is 18.2 Å². The van der Waals surface area contributed by atoms with E-state index in [1.807, 2.05) is 65.6 Å². The molecule has 0 fully saturated rings. The zero-order chi connectivity index (χ0) is 14.5. The summed E-state index contributed by atoms with van der Waals surface area (Å²) in [5, 5.41) is 14.3. The maximum atomic E-state index is 10.0. The van der Waals surface area contributed by atoms with Crippen LogP contribution in [0.4, 0.5) is 0 Å². The third kappa shape index (κ3) is 3.52. The molecular weight excluding hydrogens is 266 g/mol. The molecule has 1 aromatic carbocycles. The van der Waals surface area contributed by atoms with Gasteiger partial charge in [-0.25, -0.2) is 0 Å². The number of aliphatic hydroxyl groups excluding tert-OH is 1. The van der Waals surface area contributed by atoms with Crippen LogP contribution in [0.5, 0.6) is 5.75 Å². The van der Waals surface area contributed by atoms with E-state index < -0.39 is 6.10 Å². The van der Waals surface area contributed by atoms with Crippen LogP contribution in [0.25, 0.3) is 5.69 Å². The summed E-state index contributed by atoms with van der Waals surface area (Å²) in [7, 11) is 0. The Balaban J connectivity index is 1.54. The molecule has 3 aromatic rings. The smallest absolute Gasteiger partial charge is 0.119 e. The molecule has 21 heavy (non-hydrogen) atoms. The van der Waals surface area contributed by atoms with Gasteiger partial charge >= 0.3 is 0 Å². The molecule has 0 unspecified atom stereocenters. The summed E-state index contributed by atoms with van der Waals surface area (Å²) in [6.07, 6.45) is 6.96. The molecule has 0 saturated carbocycles. The Morgan fingerprint density at radius 1 is 1.10 bits per heavy atom. The fourth-order valence-electron chi connectivity index (χ4n) is 2.07. The summed E-state index contributed by atoms with van der Waals surface area (Å²) in [5.74, 6) is 0.755. The molecule has 0 aliphatic carbocycles. The van der Waals surface area contributed by atoms with Crippen LogP contribution in [-0.4, -0.2) is 32.2 Å². The monoisotopic (exact) mass is 283 g/mol. The Kier molecular flexibility index (Phi) is 4.02. The van der Waals surface area contributed by atoms with E-state index in [0.29, 0.717) is 6.54 Å². The van der Waals surface area contributed by atoms with Crippen molar-refractivity contribution >= 4 is 0 Å². The van der Waals surface area contributed by atoms with Crippen molar-refractivity contribution in [2.75, 3.05) is 6.61 Å². The standard InChI is InChI=1S/C16H17N3O2/c20-15(13-21-16-6-2-1-3-7-16)12-19-11-14(10-17-19)18-8-4-5-9-18/h1-11,15,20H,12-13H2/t15-/m0/s1. The second-order valence-electron chi connectivity index (χ2n) is 4.79. The second-order valence-corrected chi connectivity index (χ2v) is 4.79. The number of aliphatic hydroxyl groups is 1. The lowest BCUT2D eigenvalue weighted by Gasteiger charge is -2.12. The molecular formula is C16H17N3O2. The minimum atomic E-state index is -0.609. The van der Waals surface area contributed by atoms with Gasteiger partial charge in [0, 0.05) is 18.6 Å². The minimum Gasteiger partial charge on any atom is -0.491 e. The number of rotatable bonds is 6. The molecule has 1 N–H and O–H groups in total. The van der Waals surface area contributed by atoms with Gasteiger partial charge in [-0.3, -0.25) is 4.68 Å². The van der Waals surface area contributed by atoms with E-state index in [0.717, 1.165) is 11.4 Å². The first-order valence-corrected chi connectivity index (χ1v) is 6.83. The van der Waals surface area contributed by atoms with Crippen molar-refractivity contribution in [2.24, 2.45) is 0 Å². The molecule has 0 radical (unpaired) electrons. The van der Waals surface area contributed by atoms with E-state index in [4.69, 9.17) is 4.74 Å². The van der Waals surface area contributed by atoms with Crippen LogP contribution >= 0.6 is 0 Å². The van der Waals surface area contributed by atoms with Gasteiger partial charge in [0.05, 0.1) is 18.4 Å². The molecule has 0 saturated heterocycles. The van der Waals surface area contributed by atoms with Crippen LogP contribution in [0.2, 0.25) is 0 Å². The van der Waals surface area contributed by atoms with Gasteiger partial charge in [0.25, 0.3) is 0 Å². The molecule has 3 rings (SSSR count). The van der Waals surface area contributed by atoms with E-state index in [2.05, 4.69) is 5.10 Å². The van der Waals surface area contributed by atoms with Crippen LogP contribution in [-0.2, 0) is 6.54 Å². The second kappa shape index (κ2) is 6.28. The van der Waals surface area contributed by atoms with E-state index in [9.17, 15) is 5.11 Å². The Morgan fingerprint density at radius 3 is 2.62 bits per heavy atom. The predicted octanol–water partition coefficient (Wildman–Crippen LogP) is 2.11. The van der Waals surface area contributed by atoms with E-state index >= 15 is 0 Å². The predicted molar refractivity (Wildman–Crippen MR) is 79.5 cm³/mol. The van der Waals surface area contributed by atoms with Crippen molar-refractivity contribution in [3.8, 4) is 11.4 Å². The maximum Gasteiger partial charge on any atom is 0.119 e. The summed E-state index contributed by atoms with van der Waals surface area (Å²) in [6.45, 7) is 0.636. The molecule has 0 spiro atoms. The minimum absolute atomic E-state index is 0.239. The van der Waals surface area contributed by atoms with Gasteiger partial charge in [-0.05, 0) is 24.3 Å². The SMILES string of the molecule is O[C@H](COc1ccccc1)Cn1cc(-n2cccc2)cn1. The largest absolute Gasteiger partial charge is 0.491 e. The van der Waals surface area contributed by atoms with Crippen molar-refractivity contribution in [2.45, 2.75) is 12.6 Å². The first kappa shape index (κ1) is 13.5. The Morgan fingerprint density at radius 2 is 1.86 bits per heavy atom. The van der Waals surface area contributed by atoms with Crippen LogP contribution in [0.3, 0.4) is 0 Å². The number of aromatic nitrogens is 3. The summed E-state index contributed by atoms with van der Waals surface area (Å²) in [5.41, 5.74) is 0.969. The van der Waals surface area contributed by atoms with Crippen molar-refractivity contribution in [1.82, 2.24) is 14.3 Å². The molecule has 2 heterocycles. The van der Waals surface area contributed by atoms with Gasteiger partial charge in [-0.2, -0.15) is 5.10 Å². The highest BCUT2D eigenvalue weighted by atomic mass is 16.5. The van der Waals surface area contributed by atoms with E-state index in [1.54, 1.807) is 10.9 Å². The summed E-state index contributed by atoms with van der Waals surface area (Å²) >= 11 is 0. The molecule has 0 aliphatic heterocycles. The highest BCUT2D eigenvalue weighted by Crippen LogP contribution is 2.10. The lowest BCUT2D eigenvalue weighted by Crippen LogP contribution is -2.23. The Labute approximate surface area is 123 Å². The van der Waals surface area contributed by atoms with Crippen molar-refractivity contribution in [3.05, 3.63) is 67.3 Å². The quantitative estimate of drug-likeness (QED) is 0.754. The molecule has 0 aliphatic rings. The van der Waals surface area contributed by atoms with Gasteiger partial charge in [0.15, 0.2) is 0 Å². The molecule has 5 nitrogen and oxygen atoms in total. The summed E-state index contributed by atoms with van der Waals surface area (Å²) < 4.78 is 9.21. The lowest BCUT2D eigenvalue weighted by molar-refractivity contribution is 0.0893. The molecule has 2 aromatic heterocycles. The van der Waals surface area contributed by atoms with E-state index in [1.165, 1.54) is 0 Å². The molecule has 5 heteroatoms. The highest BCUT2D eigenvalue weighted by Gasteiger charge is 2.08. The highest BCUT2D eigenvalue weighted by molar-refractivity contribution is 5.26. The first-order chi connectivity index (χ1) is 10.3. The first-order valence-electron chi connectivity index (χ1n) is 6.83. The number of hydrogen-bond acceptors (Lipinski definition) is 3. The van der Waals surface area contributed by atoms with Gasteiger partial charge in [0.1, 0.15) is 18.5 Å². The van der Waals surface area contributed by atoms with Gasteiger partial charge in [0.2, 0.25) is 0 Å². The van der Waals surface area contributed by atoms with Crippen LogP contribution in [0.15, 0.2) is 67.3 Å². The molecule has 108 valence electrons. The lowest BCUT2D eigenvalue weighted by atomic mass is 10.3. The topological polar surface area (TPSA) is 52.2 Å². The number of nitrogens with zero attached hydrogens (tertiary/aromatic N) is 3. The van der Waals surface area contributed by atoms with Crippen LogP contribution in [0.1, 0.15) is 0 Å². The zero-order valence-corrected chi connectivity index (χ0v) is 11.5. The average molecular weight is 283 g/mol. The summed E-state index contributed by atoms with van der Waals surface area (Å²) in [4.78, 5) is 0. The third-order valence-corrected chi connectivity index (χ3v) is 3.11. The maximum absolute atomic E-state index is 10.0. The summed E-state index contributed by atoms with van der Waals surface area (Å²) in [6, 6.07) is 13.4. The van der Waals surface area contributed by atoms with Gasteiger partial charge in [-0.15, -0.1) is 0 Å². The van der Waals surface area contributed by atoms with E-state index in [-0.39, 0.29) is 6.61 Å². The van der Waals surface area contributed by atoms with Crippen molar-refractivity contribution in [3.63, 3.8) is 0 Å². The third-order valence-electron chi connectivity index (χ3n) is 3.11. The molecule has 0 amide bonds. The molecule has 1 atom stereocenters. The van der Waals surface area contributed by atoms with Crippen LogP contribution in [0, 0.1) is 0 Å². The number of ether oxygens (including phenoxy) is 1. The average Bonchev–Trinajstić information content (AvgIpc) is 3.17. The Bertz CT molecular complexity index is 662. The van der Waals surface area contributed by atoms with Crippen LogP contribution < -0.4 is 4.74 Å². The molecule has 0 bridgehead atoms. The normalized spacial score (nSPS) is 12.2. The fraction of sp³-hybridized carbons (Fsp3) is 0.188. The number of hydrogen-bond donors (Lipinski definition) is 1.